The Morgan fingerprint density at radius 1 is 1.23 bits per heavy atom. The molecule has 186 valence electrons. The van der Waals surface area contributed by atoms with Crippen molar-refractivity contribution in [3.8, 4) is 11.4 Å². The first kappa shape index (κ1) is 25.4. The average molecular weight is 512 g/mol. The predicted octanol–water partition coefficient (Wildman–Crippen LogP) is 5.28. The van der Waals surface area contributed by atoms with Crippen LogP contribution in [-0.4, -0.2) is 32.3 Å². The molecular weight excluding hydrogens is 478 g/mol. The van der Waals surface area contributed by atoms with E-state index in [1.807, 2.05) is 11.5 Å². The van der Waals surface area contributed by atoms with Crippen LogP contribution in [0.3, 0.4) is 0 Å². The number of carbonyl (C=O) groups is 2. The number of hydrogen-bond donors (Lipinski definition) is 2. The van der Waals surface area contributed by atoms with E-state index < -0.39 is 5.91 Å². The molecule has 0 radical (unpaired) electrons. The van der Waals surface area contributed by atoms with Crippen LogP contribution in [-0.2, 0) is 29.6 Å². The molecule has 3 aromatic rings. The molecule has 3 N–H and O–H groups in total. The normalized spacial score (nSPS) is 15.6. The van der Waals surface area contributed by atoms with Crippen LogP contribution in [0, 0.1) is 5.92 Å². The molecule has 0 saturated carbocycles. The Kier molecular flexibility index (Phi) is 7.38. The van der Waals surface area contributed by atoms with Crippen LogP contribution in [0.4, 0.5) is 5.00 Å². The Morgan fingerprint density at radius 2 is 1.94 bits per heavy atom. The second-order valence-corrected chi connectivity index (χ2v) is 12.2. The lowest BCUT2D eigenvalue weighted by atomic mass is 9.87. The maximum absolute atomic E-state index is 12.8. The van der Waals surface area contributed by atoms with Crippen molar-refractivity contribution in [2.75, 3.05) is 11.1 Å². The zero-order chi connectivity index (χ0) is 25.3. The first-order valence-corrected chi connectivity index (χ1v) is 13.8. The standard InChI is InChI=1S/C26H33N5O2S2/c1-6-31-23(16-8-10-17(11-9-16)26(3,4)5)29-30-25(31)34-14-20(32)28-24-21(22(27)33)18-12-7-15(2)13-19(18)35-24/h8-11,15H,6-7,12-14H2,1-5H3,(H2,27,33)(H,28,32). The van der Waals surface area contributed by atoms with E-state index in [-0.39, 0.29) is 17.1 Å². The maximum atomic E-state index is 12.8. The fourth-order valence-corrected chi connectivity index (χ4v) is 6.64. The summed E-state index contributed by atoms with van der Waals surface area (Å²) < 4.78 is 2.02. The summed E-state index contributed by atoms with van der Waals surface area (Å²) in [6.45, 7) is 11.5. The van der Waals surface area contributed by atoms with Gasteiger partial charge in [0.2, 0.25) is 5.91 Å². The van der Waals surface area contributed by atoms with Gasteiger partial charge < -0.3 is 15.6 Å². The van der Waals surface area contributed by atoms with Crippen molar-refractivity contribution < 1.29 is 9.59 Å². The molecule has 1 aromatic carbocycles. The Hall–Kier alpha value is -2.65. The summed E-state index contributed by atoms with van der Waals surface area (Å²) in [5.74, 6) is 0.851. The van der Waals surface area contributed by atoms with E-state index in [0.717, 1.165) is 41.1 Å². The van der Waals surface area contributed by atoms with Gasteiger partial charge in [0.1, 0.15) is 5.00 Å². The smallest absolute Gasteiger partial charge is 0.251 e. The predicted molar refractivity (Wildman–Crippen MR) is 143 cm³/mol. The Morgan fingerprint density at radius 3 is 2.57 bits per heavy atom. The summed E-state index contributed by atoms with van der Waals surface area (Å²) in [4.78, 5) is 26.1. The molecule has 1 unspecified atom stereocenters. The van der Waals surface area contributed by atoms with Gasteiger partial charge in [-0.15, -0.1) is 21.5 Å². The van der Waals surface area contributed by atoms with Crippen LogP contribution in [0.1, 0.15) is 67.4 Å². The molecule has 9 heteroatoms. The van der Waals surface area contributed by atoms with Gasteiger partial charge in [0.05, 0.1) is 11.3 Å². The van der Waals surface area contributed by atoms with E-state index >= 15 is 0 Å². The molecule has 1 aliphatic carbocycles. The van der Waals surface area contributed by atoms with Crippen LogP contribution >= 0.6 is 23.1 Å². The van der Waals surface area contributed by atoms with Crippen LogP contribution in [0.15, 0.2) is 29.4 Å². The topological polar surface area (TPSA) is 103 Å². The van der Waals surface area contributed by atoms with Gasteiger partial charge in [0.15, 0.2) is 11.0 Å². The van der Waals surface area contributed by atoms with Crippen LogP contribution in [0.25, 0.3) is 11.4 Å². The molecule has 7 nitrogen and oxygen atoms in total. The molecule has 1 atom stereocenters. The zero-order valence-electron chi connectivity index (χ0n) is 21.0. The van der Waals surface area contributed by atoms with Crippen molar-refractivity contribution in [3.63, 3.8) is 0 Å². The highest BCUT2D eigenvalue weighted by Gasteiger charge is 2.27. The minimum absolute atomic E-state index is 0.0831. The first-order valence-electron chi connectivity index (χ1n) is 12.0. The zero-order valence-corrected chi connectivity index (χ0v) is 22.6. The summed E-state index contributed by atoms with van der Waals surface area (Å²) in [6, 6.07) is 8.40. The van der Waals surface area contributed by atoms with E-state index in [1.54, 1.807) is 0 Å². The monoisotopic (exact) mass is 511 g/mol. The van der Waals surface area contributed by atoms with Gasteiger partial charge >= 0.3 is 0 Å². The lowest BCUT2D eigenvalue weighted by Gasteiger charge is -2.19. The number of aromatic nitrogens is 3. The van der Waals surface area contributed by atoms with Crippen LogP contribution < -0.4 is 11.1 Å². The number of rotatable bonds is 7. The summed E-state index contributed by atoms with van der Waals surface area (Å²) in [5.41, 5.74) is 9.50. The number of thiophene rings is 1. The van der Waals surface area contributed by atoms with E-state index in [0.29, 0.717) is 28.2 Å². The number of nitrogens with one attached hydrogen (secondary N) is 1. The van der Waals surface area contributed by atoms with E-state index in [1.165, 1.54) is 28.7 Å². The van der Waals surface area contributed by atoms with Crippen molar-refractivity contribution in [2.45, 2.75) is 71.0 Å². The van der Waals surface area contributed by atoms with Crippen molar-refractivity contribution >= 4 is 39.9 Å². The van der Waals surface area contributed by atoms with E-state index in [9.17, 15) is 9.59 Å². The lowest BCUT2D eigenvalue weighted by Crippen LogP contribution is -2.20. The summed E-state index contributed by atoms with van der Waals surface area (Å²) in [6.07, 6.45) is 2.78. The third kappa shape index (κ3) is 5.46. The quantitative estimate of drug-likeness (QED) is 0.420. The van der Waals surface area contributed by atoms with Gasteiger partial charge in [-0.3, -0.25) is 9.59 Å². The second-order valence-electron chi connectivity index (χ2n) is 10.1. The molecule has 0 saturated heterocycles. The average Bonchev–Trinajstić information content (AvgIpc) is 3.37. The number of hydrogen-bond acceptors (Lipinski definition) is 6. The fraction of sp³-hybridized carbons (Fsp3) is 0.462. The van der Waals surface area contributed by atoms with E-state index in [4.69, 9.17) is 5.73 Å². The molecule has 4 rings (SSSR count). The molecule has 2 aromatic heterocycles. The number of anilines is 1. The fourth-order valence-electron chi connectivity index (χ4n) is 4.41. The highest BCUT2D eigenvalue weighted by atomic mass is 32.2. The molecule has 0 bridgehead atoms. The van der Waals surface area contributed by atoms with Gasteiger partial charge in [0.25, 0.3) is 5.91 Å². The molecule has 2 amide bonds. The highest BCUT2D eigenvalue weighted by molar-refractivity contribution is 7.99. The first-order chi connectivity index (χ1) is 16.6. The Balaban J connectivity index is 1.47. The highest BCUT2D eigenvalue weighted by Crippen LogP contribution is 2.39. The van der Waals surface area contributed by atoms with Crippen LogP contribution in [0.5, 0.6) is 0 Å². The molecule has 0 spiro atoms. The van der Waals surface area contributed by atoms with Gasteiger partial charge in [-0.1, -0.05) is 63.7 Å². The number of primary amides is 1. The number of nitrogens with two attached hydrogens (primary N) is 1. The second kappa shape index (κ2) is 10.1. The summed E-state index contributed by atoms with van der Waals surface area (Å²) in [7, 11) is 0. The van der Waals surface area contributed by atoms with Gasteiger partial charge in [-0.05, 0) is 48.6 Å². The van der Waals surface area contributed by atoms with Crippen molar-refractivity contribution in [1.82, 2.24) is 14.8 Å². The number of carbonyl (C=O) groups excluding carboxylic acids is 2. The minimum atomic E-state index is -0.479. The molecule has 2 heterocycles. The number of fused-ring (bicyclic) bond motifs is 1. The Bertz CT molecular complexity index is 1240. The number of benzene rings is 1. The molecule has 1 aliphatic rings. The van der Waals surface area contributed by atoms with Crippen molar-refractivity contribution in [1.29, 1.82) is 0 Å². The number of amides is 2. The molecule has 0 aliphatic heterocycles. The Labute approximate surface area is 214 Å². The largest absolute Gasteiger partial charge is 0.365 e. The summed E-state index contributed by atoms with van der Waals surface area (Å²) >= 11 is 2.82. The summed E-state index contributed by atoms with van der Waals surface area (Å²) in [5, 5.41) is 12.9. The van der Waals surface area contributed by atoms with Gasteiger partial charge in [-0.25, -0.2) is 0 Å². The lowest BCUT2D eigenvalue weighted by molar-refractivity contribution is -0.113. The third-order valence-electron chi connectivity index (χ3n) is 6.39. The van der Waals surface area contributed by atoms with Gasteiger partial charge in [-0.2, -0.15) is 0 Å². The third-order valence-corrected chi connectivity index (χ3v) is 8.52. The van der Waals surface area contributed by atoms with Crippen molar-refractivity contribution in [2.24, 2.45) is 11.7 Å². The molecular formula is C26H33N5O2S2. The molecule has 0 fully saturated rings. The SMILES string of the molecule is CCn1c(SCC(=O)Nc2sc3c(c2C(N)=O)CCC(C)C3)nnc1-c1ccc(C(C)(C)C)cc1. The number of thioether (sulfide) groups is 1. The van der Waals surface area contributed by atoms with E-state index in [2.05, 4.69) is 67.5 Å². The van der Waals surface area contributed by atoms with Gasteiger partial charge in [0, 0.05) is 17.0 Å². The van der Waals surface area contributed by atoms with Crippen molar-refractivity contribution in [3.05, 3.63) is 45.8 Å². The van der Waals surface area contributed by atoms with Crippen LogP contribution in [0.2, 0.25) is 0 Å². The maximum Gasteiger partial charge on any atom is 0.251 e. The number of nitrogens with zero attached hydrogens (tertiary/aromatic N) is 3. The minimum Gasteiger partial charge on any atom is -0.365 e. The molecule has 35 heavy (non-hydrogen) atoms.